The minimum atomic E-state index is -3.38. The van der Waals surface area contributed by atoms with E-state index < -0.39 is 44.8 Å². The van der Waals surface area contributed by atoms with Crippen molar-refractivity contribution in [1.82, 2.24) is 24.9 Å². The molecule has 11 nitrogen and oxygen atoms in total. The number of benzene rings is 1. The number of nitrogens with one attached hydrogen (secondary N) is 1. The van der Waals surface area contributed by atoms with E-state index in [1.54, 1.807) is 0 Å². The van der Waals surface area contributed by atoms with E-state index in [1.165, 1.54) is 37.4 Å². The Morgan fingerprint density at radius 1 is 1.28 bits per heavy atom. The molecule has 2 heterocycles. The van der Waals surface area contributed by atoms with Crippen LogP contribution < -0.4 is 10.9 Å². The first kappa shape index (κ1) is 32.1. The van der Waals surface area contributed by atoms with Gasteiger partial charge < -0.3 is 20.6 Å². The third kappa shape index (κ3) is 7.73. The molecule has 2 aromatic heterocycles. The first-order valence-electron chi connectivity index (χ1n) is 10.7. The van der Waals surface area contributed by atoms with Gasteiger partial charge in [-0.2, -0.15) is 5.10 Å². The van der Waals surface area contributed by atoms with Gasteiger partial charge in [0, 0.05) is 34.8 Å². The predicted molar refractivity (Wildman–Crippen MR) is 145 cm³/mol. The van der Waals surface area contributed by atoms with Gasteiger partial charge in [-0.1, -0.05) is 34.1 Å². The van der Waals surface area contributed by atoms with Gasteiger partial charge in [0.05, 0.1) is 28.1 Å². The monoisotopic (exact) mass is 604 g/mol. The molecule has 0 aliphatic heterocycles. The summed E-state index contributed by atoms with van der Waals surface area (Å²) in [5.41, 5.74) is -0.752. The lowest BCUT2D eigenvalue weighted by Gasteiger charge is -2.12. The average Bonchev–Trinajstić information content (AvgIpc) is 3.36. The van der Waals surface area contributed by atoms with Crippen LogP contribution >= 0.6 is 23.2 Å². The lowest BCUT2D eigenvalue weighted by Crippen LogP contribution is -2.34. The molecule has 0 amide bonds. The Labute approximate surface area is 233 Å². The van der Waals surface area contributed by atoms with Gasteiger partial charge in [-0.25, -0.2) is 8.78 Å². The number of hydrogen-bond donors (Lipinski definition) is 4. The summed E-state index contributed by atoms with van der Waals surface area (Å²) in [7, 11) is 2.04. The van der Waals surface area contributed by atoms with Crippen LogP contribution in [0.25, 0.3) is 17.5 Å². The number of aromatic nitrogens is 4. The van der Waals surface area contributed by atoms with Crippen LogP contribution in [0.5, 0.6) is 0 Å². The predicted octanol–water partition coefficient (Wildman–Crippen LogP) is 2.29. The molecule has 0 bridgehead atoms. The third-order valence-electron chi connectivity index (χ3n) is 4.67. The van der Waals surface area contributed by atoms with E-state index in [0.29, 0.717) is 0 Å². The third-order valence-corrected chi connectivity index (χ3v) is 6.08. The molecule has 0 aliphatic rings. The lowest BCUT2D eigenvalue weighted by molar-refractivity contribution is -0.386. The van der Waals surface area contributed by atoms with E-state index in [-0.39, 0.29) is 32.2 Å². The molecule has 1 aromatic carbocycles. The SMILES string of the molecule is CNC.Cc1cc(-c2cnn(C(O)(O)O)n2)c(Cl)c(=O)n1/C=C(F)/C(=N/C=C/Cl)c1cccc(S(C)=O)c1F. The number of rotatable bonds is 7. The van der Waals surface area contributed by atoms with Gasteiger partial charge >= 0.3 is 6.10 Å². The van der Waals surface area contributed by atoms with Crippen LogP contribution in [0.4, 0.5) is 8.78 Å². The molecule has 16 heteroatoms. The van der Waals surface area contributed by atoms with Gasteiger partial charge in [0.1, 0.15) is 22.2 Å². The van der Waals surface area contributed by atoms with Gasteiger partial charge in [-0.3, -0.25) is 18.6 Å². The van der Waals surface area contributed by atoms with Crippen LogP contribution in [-0.4, -0.2) is 65.2 Å². The van der Waals surface area contributed by atoms with Crippen LogP contribution in [0.15, 0.2) is 62.7 Å². The van der Waals surface area contributed by atoms with Gasteiger partial charge in [0.2, 0.25) is 0 Å². The summed E-state index contributed by atoms with van der Waals surface area (Å²) >= 11 is 11.7. The fraction of sp³-hybridized carbons (Fsp3) is 0.217. The van der Waals surface area contributed by atoms with Crippen molar-refractivity contribution in [2.75, 3.05) is 20.4 Å². The van der Waals surface area contributed by atoms with Crippen molar-refractivity contribution in [3.63, 3.8) is 0 Å². The van der Waals surface area contributed by atoms with E-state index in [1.807, 2.05) is 14.1 Å². The molecule has 0 spiro atoms. The molecule has 3 rings (SSSR count). The van der Waals surface area contributed by atoms with Crippen LogP contribution in [-0.2, 0) is 16.9 Å². The number of halogens is 4. The summed E-state index contributed by atoms with van der Waals surface area (Å²) in [5, 5.41) is 37.0. The van der Waals surface area contributed by atoms with Crippen molar-refractivity contribution >= 4 is 45.9 Å². The van der Waals surface area contributed by atoms with Gasteiger partial charge in [-0.05, 0) is 39.2 Å². The number of nitrogens with zero attached hydrogens (tertiary/aromatic N) is 5. The van der Waals surface area contributed by atoms with Crippen LogP contribution in [0.1, 0.15) is 11.3 Å². The number of aliphatic hydroxyl groups is 3. The highest BCUT2D eigenvalue weighted by molar-refractivity contribution is 7.84. The number of pyridine rings is 1. The molecule has 1 atom stereocenters. The molecule has 39 heavy (non-hydrogen) atoms. The second-order valence-electron chi connectivity index (χ2n) is 7.61. The summed E-state index contributed by atoms with van der Waals surface area (Å²) in [4.78, 5) is 16.8. The number of allylic oxidation sites excluding steroid dienone is 1. The maximum absolute atomic E-state index is 15.4. The summed E-state index contributed by atoms with van der Waals surface area (Å²) in [5.74, 6) is -2.11. The summed E-state index contributed by atoms with van der Waals surface area (Å²) in [6.07, 6.45) is 0.620. The average molecular weight is 605 g/mol. The Morgan fingerprint density at radius 3 is 2.46 bits per heavy atom. The molecular formula is C23H24Cl2F2N6O5S. The van der Waals surface area contributed by atoms with Crippen molar-refractivity contribution in [1.29, 1.82) is 0 Å². The first-order valence-corrected chi connectivity index (χ1v) is 13.1. The molecule has 0 aliphatic carbocycles. The molecule has 0 radical (unpaired) electrons. The molecule has 1 unspecified atom stereocenters. The molecular weight excluding hydrogens is 581 g/mol. The van der Waals surface area contributed by atoms with E-state index in [9.17, 15) is 28.7 Å². The fourth-order valence-corrected chi connectivity index (χ4v) is 3.98. The quantitative estimate of drug-likeness (QED) is 0.236. The maximum atomic E-state index is 15.4. The fourth-order valence-electron chi connectivity index (χ4n) is 3.05. The second kappa shape index (κ2) is 13.8. The van der Waals surface area contributed by atoms with Gasteiger partial charge in [0.15, 0.2) is 5.83 Å². The van der Waals surface area contributed by atoms with Gasteiger partial charge in [0.25, 0.3) is 5.56 Å². The van der Waals surface area contributed by atoms with E-state index in [0.717, 1.165) is 28.7 Å². The largest absolute Gasteiger partial charge is 0.405 e. The van der Waals surface area contributed by atoms with Crippen molar-refractivity contribution in [2.45, 2.75) is 17.9 Å². The zero-order chi connectivity index (χ0) is 29.5. The number of hydrogen-bond acceptors (Lipinski definition) is 9. The second-order valence-corrected chi connectivity index (χ2v) is 9.59. The Balaban J connectivity index is 0.00000170. The van der Waals surface area contributed by atoms with Crippen LogP contribution in [0.3, 0.4) is 0 Å². The number of aliphatic imine (C=N–C) groups is 1. The van der Waals surface area contributed by atoms with Crippen LogP contribution in [0.2, 0.25) is 5.02 Å². The highest BCUT2D eigenvalue weighted by Crippen LogP contribution is 2.26. The van der Waals surface area contributed by atoms with Crippen molar-refractivity contribution < 1.29 is 28.3 Å². The smallest absolute Gasteiger partial charge is 0.323 e. The zero-order valence-corrected chi connectivity index (χ0v) is 23.3. The maximum Gasteiger partial charge on any atom is 0.405 e. The summed E-state index contributed by atoms with van der Waals surface area (Å²) in [6, 6.07) is 5.20. The van der Waals surface area contributed by atoms with Gasteiger partial charge in [-0.15, -0.1) is 5.10 Å². The normalized spacial score (nSPS) is 13.4. The first-order chi connectivity index (χ1) is 18.3. The highest BCUT2D eigenvalue weighted by Gasteiger charge is 2.26. The van der Waals surface area contributed by atoms with Crippen molar-refractivity contribution in [2.24, 2.45) is 4.99 Å². The summed E-state index contributed by atoms with van der Waals surface area (Å²) in [6.45, 7) is 1.43. The standard InChI is InChI=1S/C21H17Cl2F2N5O5S.C2H7N/c1-11-8-13(15-9-27-30(28-15)21(32,33)34)17(23)20(31)29(11)10-14(24)19(26-7-6-22)12-4-3-5-16(18(12)25)36(2)35;1-3-2/h3-10,32-34H,1-2H3;3H,1-2H3/b7-6+,14-10-,26-19+;. The van der Waals surface area contributed by atoms with E-state index >= 15 is 4.39 Å². The molecule has 0 saturated heterocycles. The topological polar surface area (TPSA) is 155 Å². The highest BCUT2D eigenvalue weighted by atomic mass is 35.5. The lowest BCUT2D eigenvalue weighted by atomic mass is 10.1. The Bertz CT molecular complexity index is 1520. The minimum absolute atomic E-state index is 0.00265. The Morgan fingerprint density at radius 2 is 1.92 bits per heavy atom. The molecule has 3 aromatic rings. The Kier molecular flexibility index (Phi) is 11.4. The molecule has 0 saturated carbocycles. The molecule has 210 valence electrons. The van der Waals surface area contributed by atoms with E-state index in [4.69, 9.17) is 23.2 Å². The van der Waals surface area contributed by atoms with Crippen molar-refractivity contribution in [3.05, 3.63) is 80.5 Å². The van der Waals surface area contributed by atoms with E-state index in [2.05, 4.69) is 20.5 Å². The Hall–Kier alpha value is -3.11. The molecule has 4 N–H and O–H groups in total. The summed E-state index contributed by atoms with van der Waals surface area (Å²) < 4.78 is 43.0. The molecule has 0 fully saturated rings. The van der Waals surface area contributed by atoms with Crippen LogP contribution in [0, 0.1) is 12.7 Å². The van der Waals surface area contributed by atoms with Crippen molar-refractivity contribution in [3.8, 4) is 11.3 Å². The number of aryl methyl sites for hydroxylation is 1. The minimum Gasteiger partial charge on any atom is -0.323 e. The zero-order valence-electron chi connectivity index (χ0n) is 20.9.